The lowest BCUT2D eigenvalue weighted by Crippen LogP contribution is -1.98. The van der Waals surface area contributed by atoms with Crippen LogP contribution in [-0.4, -0.2) is 16.8 Å². The van der Waals surface area contributed by atoms with Crippen molar-refractivity contribution in [2.75, 3.05) is 6.61 Å². The summed E-state index contributed by atoms with van der Waals surface area (Å²) in [5.74, 6) is 0. The van der Waals surface area contributed by atoms with E-state index in [0.717, 1.165) is 23.4 Å². The van der Waals surface area contributed by atoms with Gasteiger partial charge in [-0.25, -0.2) is 0 Å². The van der Waals surface area contributed by atoms with E-state index in [1.54, 1.807) is 0 Å². The van der Waals surface area contributed by atoms with Crippen LogP contribution in [0.25, 0.3) is 0 Å². The summed E-state index contributed by atoms with van der Waals surface area (Å²) in [4.78, 5) is 0. The van der Waals surface area contributed by atoms with Crippen LogP contribution in [0.15, 0.2) is 0 Å². The topological polar surface area (TPSA) is 38.3 Å². The Kier molecular flexibility index (Phi) is 1.77. The Balaban J connectivity index is 2.55. The van der Waals surface area contributed by atoms with E-state index in [9.17, 15) is 0 Å². The smallest absolute Gasteiger partial charge is 0.157 e. The molecule has 0 aliphatic carbocycles. The fourth-order valence-electron chi connectivity index (χ4n) is 1.19. The van der Waals surface area contributed by atoms with Gasteiger partial charge in [-0.1, -0.05) is 11.6 Å². The van der Waals surface area contributed by atoms with Crippen molar-refractivity contribution in [3.05, 3.63) is 22.0 Å². The normalized spacial score (nSPS) is 21.1. The van der Waals surface area contributed by atoms with Crippen LogP contribution in [-0.2, 0) is 4.74 Å². The highest BCUT2D eigenvalue weighted by molar-refractivity contribution is 6.30. The Hall–Kier alpha value is -0.670. The lowest BCUT2D eigenvalue weighted by molar-refractivity contribution is 0.414. The minimum atomic E-state index is 0.159. The highest BCUT2D eigenvalue weighted by atomic mass is 35.5. The number of nitrogens with zero attached hydrogens (tertiary/aromatic N) is 2. The highest BCUT2D eigenvalue weighted by Gasteiger charge is 2.30. The van der Waals surface area contributed by atoms with Gasteiger partial charge in [-0.15, -0.1) is 5.10 Å². The molecule has 0 bridgehead atoms. The van der Waals surface area contributed by atoms with E-state index in [1.807, 2.05) is 13.8 Å². The molecule has 0 N–H and O–H groups in total. The minimum Gasteiger partial charge on any atom is -0.368 e. The van der Waals surface area contributed by atoms with Gasteiger partial charge in [0.15, 0.2) is 5.15 Å². The van der Waals surface area contributed by atoms with E-state index in [2.05, 4.69) is 10.2 Å². The van der Waals surface area contributed by atoms with Crippen LogP contribution in [0.4, 0.5) is 0 Å². The van der Waals surface area contributed by atoms with Crippen molar-refractivity contribution in [2.45, 2.75) is 20.0 Å². The zero-order valence-electron chi connectivity index (χ0n) is 6.97. The zero-order chi connectivity index (χ0) is 8.72. The molecule has 1 aromatic heterocycles. The van der Waals surface area contributed by atoms with Gasteiger partial charge in [0, 0.05) is 5.56 Å². The summed E-state index contributed by atoms with van der Waals surface area (Å²) in [6, 6.07) is 0. The molecule has 1 fully saturated rings. The Morgan fingerprint density at radius 3 is 2.67 bits per heavy atom. The Morgan fingerprint density at radius 1 is 1.42 bits per heavy atom. The molecule has 2 rings (SSSR count). The summed E-state index contributed by atoms with van der Waals surface area (Å²) in [5.41, 5.74) is 3.02. The number of epoxide rings is 1. The fourth-order valence-corrected chi connectivity index (χ4v) is 1.49. The van der Waals surface area contributed by atoms with Crippen LogP contribution in [0.5, 0.6) is 0 Å². The SMILES string of the molecule is Cc1nnc(Cl)c([C@H]2CO2)c1C. The van der Waals surface area contributed by atoms with Gasteiger partial charge in [-0.2, -0.15) is 5.10 Å². The maximum Gasteiger partial charge on any atom is 0.157 e. The van der Waals surface area contributed by atoms with Gasteiger partial charge >= 0.3 is 0 Å². The molecule has 1 saturated heterocycles. The third-order valence-electron chi connectivity index (χ3n) is 2.11. The molecule has 0 saturated carbocycles. The number of rotatable bonds is 1. The summed E-state index contributed by atoms with van der Waals surface area (Å²) in [5, 5.41) is 8.22. The summed E-state index contributed by atoms with van der Waals surface area (Å²) < 4.78 is 5.16. The van der Waals surface area contributed by atoms with Gasteiger partial charge in [0.2, 0.25) is 0 Å². The maximum atomic E-state index is 5.88. The molecule has 0 spiro atoms. The second-order valence-corrected chi connectivity index (χ2v) is 3.29. The number of halogens is 1. The van der Waals surface area contributed by atoms with Crippen molar-refractivity contribution in [2.24, 2.45) is 0 Å². The molecule has 0 unspecified atom stereocenters. The monoisotopic (exact) mass is 184 g/mol. The molecule has 0 aromatic carbocycles. The number of ether oxygens (including phenoxy) is 1. The molecule has 4 heteroatoms. The fraction of sp³-hybridized carbons (Fsp3) is 0.500. The van der Waals surface area contributed by atoms with Crippen molar-refractivity contribution in [3.8, 4) is 0 Å². The first-order valence-corrected chi connectivity index (χ1v) is 4.19. The Morgan fingerprint density at radius 2 is 2.08 bits per heavy atom. The van der Waals surface area contributed by atoms with Crippen molar-refractivity contribution in [1.29, 1.82) is 0 Å². The third kappa shape index (κ3) is 1.19. The predicted octanol–water partition coefficient (Wildman–Crippen LogP) is 1.82. The first-order chi connectivity index (χ1) is 5.70. The third-order valence-corrected chi connectivity index (χ3v) is 2.39. The largest absolute Gasteiger partial charge is 0.368 e. The van der Waals surface area contributed by atoms with Crippen LogP contribution in [0.1, 0.15) is 22.9 Å². The molecule has 3 nitrogen and oxygen atoms in total. The van der Waals surface area contributed by atoms with Gasteiger partial charge in [-0.3, -0.25) is 0 Å². The van der Waals surface area contributed by atoms with E-state index in [0.29, 0.717) is 5.15 Å². The molecular weight excluding hydrogens is 176 g/mol. The highest BCUT2D eigenvalue weighted by Crippen LogP contribution is 2.36. The molecule has 12 heavy (non-hydrogen) atoms. The van der Waals surface area contributed by atoms with E-state index in [1.165, 1.54) is 0 Å². The van der Waals surface area contributed by atoms with E-state index < -0.39 is 0 Å². The molecule has 1 aliphatic heterocycles. The average molecular weight is 185 g/mol. The van der Waals surface area contributed by atoms with E-state index in [4.69, 9.17) is 16.3 Å². The van der Waals surface area contributed by atoms with Crippen molar-refractivity contribution >= 4 is 11.6 Å². The Labute approximate surface area is 75.7 Å². The predicted molar refractivity (Wildman–Crippen MR) is 45.2 cm³/mol. The molecule has 0 amide bonds. The van der Waals surface area contributed by atoms with Crippen LogP contribution in [0.2, 0.25) is 5.15 Å². The molecular formula is C8H9ClN2O. The van der Waals surface area contributed by atoms with Gasteiger partial charge in [-0.05, 0) is 19.4 Å². The second kappa shape index (κ2) is 2.68. The first kappa shape index (κ1) is 7.95. The van der Waals surface area contributed by atoms with Gasteiger partial charge < -0.3 is 4.74 Å². The van der Waals surface area contributed by atoms with Crippen molar-refractivity contribution in [3.63, 3.8) is 0 Å². The van der Waals surface area contributed by atoms with Gasteiger partial charge in [0.25, 0.3) is 0 Å². The molecule has 1 aliphatic rings. The van der Waals surface area contributed by atoms with Gasteiger partial charge in [0.05, 0.1) is 12.3 Å². The van der Waals surface area contributed by atoms with Crippen LogP contribution < -0.4 is 0 Å². The summed E-state index contributed by atoms with van der Waals surface area (Å²) in [6.07, 6.45) is 0.159. The van der Waals surface area contributed by atoms with Crippen LogP contribution in [0, 0.1) is 13.8 Å². The lowest BCUT2D eigenvalue weighted by atomic mass is 10.1. The molecule has 1 atom stereocenters. The summed E-state index contributed by atoms with van der Waals surface area (Å²) in [6.45, 7) is 4.67. The van der Waals surface area contributed by atoms with Crippen LogP contribution in [0.3, 0.4) is 0 Å². The minimum absolute atomic E-state index is 0.159. The second-order valence-electron chi connectivity index (χ2n) is 2.94. The number of aryl methyl sites for hydroxylation is 1. The van der Waals surface area contributed by atoms with Crippen LogP contribution >= 0.6 is 11.6 Å². The molecule has 64 valence electrons. The Bertz CT molecular complexity index is 323. The van der Waals surface area contributed by atoms with E-state index in [-0.39, 0.29) is 6.10 Å². The molecule has 0 radical (unpaired) electrons. The standard InChI is InChI=1S/C8H9ClN2O/c1-4-5(2)10-11-8(9)7(4)6-3-12-6/h6H,3H2,1-2H3/t6-/m1/s1. The number of hydrogen-bond donors (Lipinski definition) is 0. The zero-order valence-corrected chi connectivity index (χ0v) is 7.72. The van der Waals surface area contributed by atoms with Crippen molar-refractivity contribution < 1.29 is 4.74 Å². The van der Waals surface area contributed by atoms with Crippen molar-refractivity contribution in [1.82, 2.24) is 10.2 Å². The summed E-state index contributed by atoms with van der Waals surface area (Å²) >= 11 is 5.88. The number of hydrogen-bond acceptors (Lipinski definition) is 3. The first-order valence-electron chi connectivity index (χ1n) is 3.81. The number of aromatic nitrogens is 2. The average Bonchev–Trinajstić information content (AvgIpc) is 2.81. The molecule has 1 aromatic rings. The lowest BCUT2D eigenvalue weighted by Gasteiger charge is -2.05. The van der Waals surface area contributed by atoms with Gasteiger partial charge in [0.1, 0.15) is 6.10 Å². The maximum absolute atomic E-state index is 5.88. The van der Waals surface area contributed by atoms with E-state index >= 15 is 0 Å². The molecule has 2 heterocycles. The quantitative estimate of drug-likeness (QED) is 0.625. The summed E-state index contributed by atoms with van der Waals surface area (Å²) in [7, 11) is 0.